The average Bonchev–Trinajstić information content (AvgIpc) is 3.40. The van der Waals surface area contributed by atoms with Crippen molar-refractivity contribution in [1.82, 2.24) is 15.2 Å². The van der Waals surface area contributed by atoms with Gasteiger partial charge in [0.25, 0.3) is 5.91 Å². The lowest BCUT2D eigenvalue weighted by Crippen LogP contribution is -2.46. The van der Waals surface area contributed by atoms with E-state index in [1.807, 2.05) is 34.5 Å². The first kappa shape index (κ1) is 17.2. The number of para-hydroxylation sites is 1. The van der Waals surface area contributed by atoms with Crippen molar-refractivity contribution in [3.63, 3.8) is 0 Å². The number of aromatic nitrogens is 1. The molecule has 26 heavy (non-hydrogen) atoms. The van der Waals surface area contributed by atoms with E-state index in [1.165, 1.54) is 11.3 Å². The molecule has 1 saturated heterocycles. The molecule has 0 unspecified atom stereocenters. The molecular weight excluding hydrogens is 366 g/mol. The minimum atomic E-state index is -0.556. The van der Waals surface area contributed by atoms with Gasteiger partial charge in [0.1, 0.15) is 11.0 Å². The monoisotopic (exact) mass is 385 g/mol. The molecule has 1 aliphatic rings. The summed E-state index contributed by atoms with van der Waals surface area (Å²) in [6, 6.07) is 11.1. The summed E-state index contributed by atoms with van der Waals surface area (Å²) in [5.41, 5.74) is 0.978. The van der Waals surface area contributed by atoms with Gasteiger partial charge in [0.05, 0.1) is 21.1 Å². The lowest BCUT2D eigenvalue weighted by atomic mass is 10.2. The maximum absolute atomic E-state index is 12.9. The van der Waals surface area contributed by atoms with Crippen LogP contribution in [-0.4, -0.2) is 34.3 Å². The summed E-state index contributed by atoms with van der Waals surface area (Å²) < 4.78 is 1.14. The Morgan fingerprint density at radius 1 is 1.27 bits per heavy atom. The van der Waals surface area contributed by atoms with Gasteiger partial charge >= 0.3 is 0 Å². The number of fused-ring (bicyclic) bond motifs is 1. The van der Waals surface area contributed by atoms with Gasteiger partial charge in [0.15, 0.2) is 0 Å². The van der Waals surface area contributed by atoms with Crippen LogP contribution in [0, 0.1) is 0 Å². The van der Waals surface area contributed by atoms with E-state index >= 15 is 0 Å². The lowest BCUT2D eigenvalue weighted by Gasteiger charge is -2.26. The summed E-state index contributed by atoms with van der Waals surface area (Å²) in [6.45, 7) is 2.46. The van der Waals surface area contributed by atoms with Crippen LogP contribution in [0.5, 0.6) is 0 Å². The van der Waals surface area contributed by atoms with Gasteiger partial charge in [-0.1, -0.05) is 18.2 Å². The zero-order chi connectivity index (χ0) is 18.1. The van der Waals surface area contributed by atoms with Crippen LogP contribution in [-0.2, 0) is 4.79 Å². The third kappa shape index (κ3) is 3.24. The molecule has 0 radical (unpaired) electrons. The van der Waals surface area contributed by atoms with Gasteiger partial charge in [-0.15, -0.1) is 22.7 Å². The van der Waals surface area contributed by atoms with Crippen molar-refractivity contribution in [3.8, 4) is 0 Å². The Morgan fingerprint density at radius 3 is 2.88 bits per heavy atom. The molecule has 2 aromatic heterocycles. The summed E-state index contributed by atoms with van der Waals surface area (Å²) in [4.78, 5) is 32.4. The number of hydrogen-bond acceptors (Lipinski definition) is 5. The van der Waals surface area contributed by atoms with Crippen molar-refractivity contribution in [2.24, 2.45) is 0 Å². The van der Waals surface area contributed by atoms with Gasteiger partial charge in [-0.05, 0) is 43.3 Å². The summed E-state index contributed by atoms with van der Waals surface area (Å²) in [5, 5.41) is 5.65. The van der Waals surface area contributed by atoms with E-state index in [2.05, 4.69) is 11.4 Å². The number of benzene rings is 1. The summed E-state index contributed by atoms with van der Waals surface area (Å²) in [7, 11) is 0. The van der Waals surface area contributed by atoms with Crippen molar-refractivity contribution in [3.05, 3.63) is 51.7 Å². The molecular formula is C19H19N3O2S2. The number of likely N-dealkylation sites (tertiary alicyclic amines) is 1. The molecule has 3 heterocycles. The molecule has 2 atom stereocenters. The zero-order valence-corrected chi connectivity index (χ0v) is 16.0. The van der Waals surface area contributed by atoms with Crippen LogP contribution in [0.3, 0.4) is 0 Å². The Bertz CT molecular complexity index is 902. The largest absolute Gasteiger partial charge is 0.340 e. The maximum atomic E-state index is 12.9. The number of thiazole rings is 1. The molecule has 1 N–H and O–H groups in total. The second kappa shape index (κ2) is 7.17. The molecule has 1 aliphatic heterocycles. The van der Waals surface area contributed by atoms with Crippen molar-refractivity contribution >= 4 is 44.7 Å². The predicted molar refractivity (Wildman–Crippen MR) is 105 cm³/mol. The third-order valence-electron chi connectivity index (χ3n) is 4.59. The van der Waals surface area contributed by atoms with Crippen LogP contribution in [0.15, 0.2) is 41.8 Å². The Morgan fingerprint density at radius 2 is 2.12 bits per heavy atom. The van der Waals surface area contributed by atoms with E-state index in [-0.39, 0.29) is 17.9 Å². The van der Waals surface area contributed by atoms with Crippen molar-refractivity contribution < 1.29 is 9.59 Å². The topological polar surface area (TPSA) is 62.3 Å². The SMILES string of the molecule is C[C@H](NC(=O)c1cccs1)C(=O)N1CCC[C@@H]1c1nc2ccccc2s1. The molecule has 0 spiro atoms. The van der Waals surface area contributed by atoms with Crippen molar-refractivity contribution in [2.75, 3.05) is 6.54 Å². The fourth-order valence-corrected chi connectivity index (χ4v) is 5.05. The predicted octanol–water partition coefficient (Wildman–Crippen LogP) is 3.84. The Kier molecular flexibility index (Phi) is 4.74. The van der Waals surface area contributed by atoms with E-state index in [9.17, 15) is 9.59 Å². The van der Waals surface area contributed by atoms with Crippen LogP contribution in [0.1, 0.15) is 40.5 Å². The molecule has 4 rings (SSSR count). The standard InChI is InChI=1S/C19H19N3O2S2/c1-12(20-17(23)16-9-5-11-25-16)19(24)22-10-4-7-14(22)18-21-13-6-2-3-8-15(13)26-18/h2-3,5-6,8-9,11-12,14H,4,7,10H2,1H3,(H,20,23)/t12-,14+/m0/s1. The second-order valence-corrected chi connectivity index (χ2v) is 8.39. The molecule has 0 aliphatic carbocycles. The van der Waals surface area contributed by atoms with Crippen LogP contribution >= 0.6 is 22.7 Å². The van der Waals surface area contributed by atoms with E-state index in [0.29, 0.717) is 11.4 Å². The fourth-order valence-electron chi connectivity index (χ4n) is 3.31. The molecule has 0 bridgehead atoms. The molecule has 2 amide bonds. The Hall–Kier alpha value is -2.25. The first-order valence-corrected chi connectivity index (χ1v) is 10.3. The third-order valence-corrected chi connectivity index (χ3v) is 6.60. The second-order valence-electron chi connectivity index (χ2n) is 6.38. The number of rotatable bonds is 4. The molecule has 134 valence electrons. The molecule has 1 fully saturated rings. The normalized spacial score (nSPS) is 18.2. The van der Waals surface area contributed by atoms with Gasteiger partial charge in [-0.25, -0.2) is 4.98 Å². The van der Waals surface area contributed by atoms with Gasteiger partial charge in [-0.2, -0.15) is 0 Å². The number of nitrogens with one attached hydrogen (secondary N) is 1. The highest BCUT2D eigenvalue weighted by atomic mass is 32.1. The van der Waals surface area contributed by atoms with Gasteiger partial charge < -0.3 is 10.2 Å². The summed E-state index contributed by atoms with van der Waals surface area (Å²) in [5.74, 6) is -0.242. The molecule has 5 nitrogen and oxygen atoms in total. The molecule has 7 heteroatoms. The van der Waals surface area contributed by atoms with E-state index in [4.69, 9.17) is 4.98 Å². The number of thiophene rings is 1. The highest BCUT2D eigenvalue weighted by molar-refractivity contribution is 7.18. The number of carbonyl (C=O) groups excluding carboxylic acids is 2. The van der Waals surface area contributed by atoms with Crippen LogP contribution in [0.25, 0.3) is 10.2 Å². The van der Waals surface area contributed by atoms with Crippen molar-refractivity contribution in [1.29, 1.82) is 0 Å². The molecule has 1 aromatic carbocycles. The van der Waals surface area contributed by atoms with Crippen LogP contribution in [0.2, 0.25) is 0 Å². The zero-order valence-electron chi connectivity index (χ0n) is 14.3. The lowest BCUT2D eigenvalue weighted by molar-refractivity contribution is -0.133. The minimum Gasteiger partial charge on any atom is -0.340 e. The summed E-state index contributed by atoms with van der Waals surface area (Å²) >= 11 is 3.02. The van der Waals surface area contributed by atoms with Crippen LogP contribution < -0.4 is 5.32 Å². The number of nitrogens with zero attached hydrogens (tertiary/aromatic N) is 2. The van der Waals surface area contributed by atoms with Crippen molar-refractivity contribution in [2.45, 2.75) is 31.8 Å². The number of amides is 2. The average molecular weight is 386 g/mol. The highest BCUT2D eigenvalue weighted by Gasteiger charge is 2.34. The summed E-state index contributed by atoms with van der Waals surface area (Å²) in [6.07, 6.45) is 1.87. The smallest absolute Gasteiger partial charge is 0.261 e. The maximum Gasteiger partial charge on any atom is 0.261 e. The van der Waals surface area contributed by atoms with E-state index in [1.54, 1.807) is 24.3 Å². The Balaban J connectivity index is 1.50. The molecule has 0 saturated carbocycles. The quantitative estimate of drug-likeness (QED) is 0.742. The number of hydrogen-bond donors (Lipinski definition) is 1. The van der Waals surface area contributed by atoms with Gasteiger partial charge in [0.2, 0.25) is 5.91 Å². The molecule has 3 aromatic rings. The highest BCUT2D eigenvalue weighted by Crippen LogP contribution is 2.36. The van der Waals surface area contributed by atoms with Gasteiger partial charge in [-0.3, -0.25) is 9.59 Å². The first-order chi connectivity index (χ1) is 12.6. The van der Waals surface area contributed by atoms with Gasteiger partial charge in [0, 0.05) is 6.54 Å². The first-order valence-electron chi connectivity index (χ1n) is 8.64. The minimum absolute atomic E-state index is 0.000917. The fraction of sp³-hybridized carbons (Fsp3) is 0.316. The Labute approximate surface area is 159 Å². The van der Waals surface area contributed by atoms with E-state index in [0.717, 1.165) is 28.1 Å². The van der Waals surface area contributed by atoms with Crippen LogP contribution in [0.4, 0.5) is 0 Å². The number of carbonyl (C=O) groups is 2. The van der Waals surface area contributed by atoms with E-state index < -0.39 is 6.04 Å².